The van der Waals surface area contributed by atoms with Crippen molar-refractivity contribution in [3.63, 3.8) is 0 Å². The van der Waals surface area contributed by atoms with Crippen molar-refractivity contribution < 1.29 is 19.5 Å². The van der Waals surface area contributed by atoms with Crippen molar-refractivity contribution in [3.8, 4) is 0 Å². The van der Waals surface area contributed by atoms with E-state index >= 15 is 0 Å². The minimum Gasteiger partial charge on any atom is -0.480 e. The molecule has 0 aliphatic carbocycles. The molecule has 0 spiro atoms. The number of thioether (sulfide) groups is 1. The van der Waals surface area contributed by atoms with Gasteiger partial charge in [0.15, 0.2) is 5.12 Å². The number of carboxylic acids is 1. The molecule has 0 saturated heterocycles. The number of carbonyl (C=O) groups excluding carboxylic acids is 2. The number of carboxylic acid groups (broad SMARTS) is 1. The lowest BCUT2D eigenvalue weighted by Crippen LogP contribution is -2.38. The van der Waals surface area contributed by atoms with Gasteiger partial charge in [0, 0.05) is 11.4 Å². The zero-order chi connectivity index (χ0) is 23.2. The molecule has 0 radical (unpaired) electrons. The zero-order valence-electron chi connectivity index (χ0n) is 19.0. The van der Waals surface area contributed by atoms with E-state index < -0.39 is 18.4 Å². The number of rotatable bonds is 15. The Hall–Kier alpha value is -1.53. The number of anilines is 1. The molecule has 0 unspecified atom stereocenters. The molecule has 0 atom stereocenters. The van der Waals surface area contributed by atoms with Gasteiger partial charge in [0.05, 0.1) is 11.4 Å². The van der Waals surface area contributed by atoms with Crippen LogP contribution in [-0.4, -0.2) is 34.4 Å². The van der Waals surface area contributed by atoms with Gasteiger partial charge in [-0.2, -0.15) is 0 Å². The number of aliphatic carboxylic acids is 1. The molecule has 0 aliphatic rings. The van der Waals surface area contributed by atoms with Crippen molar-refractivity contribution in [3.05, 3.63) is 28.3 Å². The number of hydrogen-bond acceptors (Lipinski definition) is 4. The van der Waals surface area contributed by atoms with Crippen LogP contribution >= 0.6 is 23.4 Å². The van der Waals surface area contributed by atoms with Crippen molar-refractivity contribution >= 4 is 46.0 Å². The molecule has 31 heavy (non-hydrogen) atoms. The topological polar surface area (TPSA) is 74.7 Å². The molecular weight excluding hydrogens is 434 g/mol. The van der Waals surface area contributed by atoms with Gasteiger partial charge in [-0.1, -0.05) is 87.7 Å². The van der Waals surface area contributed by atoms with Crippen LogP contribution in [0.1, 0.15) is 82.3 Å². The highest BCUT2D eigenvalue weighted by atomic mass is 35.5. The lowest BCUT2D eigenvalue weighted by molar-refractivity contribution is -0.136. The maximum absolute atomic E-state index is 12.8. The van der Waals surface area contributed by atoms with Crippen LogP contribution in [0.5, 0.6) is 0 Å². The van der Waals surface area contributed by atoms with Gasteiger partial charge in [-0.05, 0) is 37.5 Å². The highest BCUT2D eigenvalue weighted by Crippen LogP contribution is 2.31. The highest BCUT2D eigenvalue weighted by Gasteiger charge is 2.23. The van der Waals surface area contributed by atoms with Crippen LogP contribution in [0.3, 0.4) is 0 Å². The van der Waals surface area contributed by atoms with E-state index in [4.69, 9.17) is 11.6 Å². The monoisotopic (exact) mass is 469 g/mol. The maximum atomic E-state index is 12.8. The van der Waals surface area contributed by atoms with Crippen LogP contribution in [0.2, 0.25) is 5.02 Å². The second-order valence-electron chi connectivity index (χ2n) is 7.95. The van der Waals surface area contributed by atoms with Gasteiger partial charge < -0.3 is 5.11 Å². The van der Waals surface area contributed by atoms with Crippen molar-refractivity contribution in [1.82, 2.24) is 0 Å². The van der Waals surface area contributed by atoms with E-state index in [-0.39, 0.29) is 10.9 Å². The fourth-order valence-corrected chi connectivity index (χ4v) is 4.41. The summed E-state index contributed by atoms with van der Waals surface area (Å²) < 4.78 is 0. The summed E-state index contributed by atoms with van der Waals surface area (Å²) in [7, 11) is 0. The minimum absolute atomic E-state index is 0.0221. The number of unbranched alkanes of at least 4 members (excludes halogenated alkanes) is 8. The summed E-state index contributed by atoms with van der Waals surface area (Å²) in [5.74, 6) is -1.59. The molecule has 5 nitrogen and oxygen atoms in total. The Labute approximate surface area is 195 Å². The Morgan fingerprint density at radius 3 is 2.13 bits per heavy atom. The fraction of sp³-hybridized carbons (Fsp3) is 0.625. The molecule has 0 heterocycles. The van der Waals surface area contributed by atoms with E-state index in [9.17, 15) is 19.5 Å². The van der Waals surface area contributed by atoms with Gasteiger partial charge in [-0.15, -0.1) is 0 Å². The number of carbonyl (C=O) groups is 3. The first-order valence-corrected chi connectivity index (χ1v) is 12.6. The van der Waals surface area contributed by atoms with E-state index in [0.29, 0.717) is 22.7 Å². The summed E-state index contributed by atoms with van der Waals surface area (Å²) >= 11 is 7.15. The molecule has 0 fully saturated rings. The lowest BCUT2D eigenvalue weighted by atomic mass is 10.1. The van der Waals surface area contributed by atoms with Gasteiger partial charge >= 0.3 is 5.97 Å². The quantitative estimate of drug-likeness (QED) is 0.294. The predicted molar refractivity (Wildman–Crippen MR) is 130 cm³/mol. The minimum atomic E-state index is -1.11. The van der Waals surface area contributed by atoms with Crippen LogP contribution < -0.4 is 4.90 Å². The maximum Gasteiger partial charge on any atom is 0.323 e. The molecule has 0 saturated carbocycles. The van der Waals surface area contributed by atoms with Crippen molar-refractivity contribution in [1.29, 1.82) is 0 Å². The molecule has 7 heteroatoms. The Morgan fingerprint density at radius 2 is 1.55 bits per heavy atom. The van der Waals surface area contributed by atoms with Crippen LogP contribution in [0, 0.1) is 13.8 Å². The third-order valence-electron chi connectivity index (χ3n) is 5.27. The van der Waals surface area contributed by atoms with Crippen LogP contribution in [0.25, 0.3) is 0 Å². The van der Waals surface area contributed by atoms with E-state index in [1.807, 2.05) is 6.92 Å². The molecule has 1 aromatic rings. The summed E-state index contributed by atoms with van der Waals surface area (Å²) in [6.07, 6.45) is 11.1. The van der Waals surface area contributed by atoms with Crippen LogP contribution in [0.15, 0.2) is 12.1 Å². The molecule has 0 aromatic heterocycles. The summed E-state index contributed by atoms with van der Waals surface area (Å²) in [5, 5.41) is 9.72. The van der Waals surface area contributed by atoms with E-state index in [1.165, 1.54) is 43.4 Å². The van der Waals surface area contributed by atoms with Gasteiger partial charge in [0.2, 0.25) is 5.91 Å². The van der Waals surface area contributed by atoms with Gasteiger partial charge in [0.25, 0.3) is 0 Å². The van der Waals surface area contributed by atoms with E-state index in [0.717, 1.165) is 36.6 Å². The molecule has 174 valence electrons. The fourth-order valence-electron chi connectivity index (χ4n) is 3.53. The Kier molecular flexibility index (Phi) is 13.6. The van der Waals surface area contributed by atoms with E-state index in [2.05, 4.69) is 6.92 Å². The third-order valence-corrected chi connectivity index (χ3v) is 6.60. The predicted octanol–water partition coefficient (Wildman–Crippen LogP) is 6.56. The van der Waals surface area contributed by atoms with Gasteiger partial charge in [-0.25, -0.2) is 0 Å². The smallest absolute Gasteiger partial charge is 0.323 e. The number of nitrogens with zero attached hydrogens (tertiary/aromatic N) is 1. The SMILES string of the molecule is CCCCCCCCCCCC(=O)SCC(=O)N(CC(=O)O)c1c(C)ccc(Cl)c1C. The number of amides is 1. The Morgan fingerprint density at radius 1 is 0.968 bits per heavy atom. The molecule has 1 amide bonds. The highest BCUT2D eigenvalue weighted by molar-refractivity contribution is 8.14. The lowest BCUT2D eigenvalue weighted by Gasteiger charge is -2.25. The Bertz CT molecular complexity index is 739. The molecule has 0 aliphatic heterocycles. The standard InChI is InChI=1S/C24H36ClNO4S/c1-4-5-6-7-8-9-10-11-12-13-23(30)31-17-21(27)26(16-22(28)29)24-18(2)14-15-20(25)19(24)3/h14-15H,4-13,16-17H2,1-3H3,(H,28,29). The third kappa shape index (κ3) is 10.6. The normalized spacial score (nSPS) is 10.8. The van der Waals surface area contributed by atoms with Crippen LogP contribution in [0.4, 0.5) is 5.69 Å². The van der Waals surface area contributed by atoms with Crippen molar-refractivity contribution in [2.45, 2.75) is 85.0 Å². The molecule has 1 rings (SSSR count). The summed E-state index contributed by atoms with van der Waals surface area (Å²) in [6, 6.07) is 3.48. The number of halogens is 1. The first-order valence-electron chi connectivity index (χ1n) is 11.2. The zero-order valence-corrected chi connectivity index (χ0v) is 20.6. The summed E-state index contributed by atoms with van der Waals surface area (Å²) in [5.41, 5.74) is 1.93. The van der Waals surface area contributed by atoms with Crippen LogP contribution in [-0.2, 0) is 14.4 Å². The molecule has 1 aromatic carbocycles. The average molecular weight is 470 g/mol. The van der Waals surface area contributed by atoms with E-state index in [1.54, 1.807) is 19.1 Å². The van der Waals surface area contributed by atoms with Gasteiger partial charge in [-0.3, -0.25) is 19.3 Å². The number of hydrogen-bond donors (Lipinski definition) is 1. The molecule has 1 N–H and O–H groups in total. The summed E-state index contributed by atoms with van der Waals surface area (Å²) in [4.78, 5) is 37.5. The number of benzene rings is 1. The second-order valence-corrected chi connectivity index (χ2v) is 9.39. The van der Waals surface area contributed by atoms with Gasteiger partial charge in [0.1, 0.15) is 6.54 Å². The first kappa shape index (κ1) is 27.5. The summed E-state index contributed by atoms with van der Waals surface area (Å²) in [6.45, 7) is 5.32. The Balaban J connectivity index is 2.46. The molecular formula is C24H36ClNO4S. The molecule has 0 bridgehead atoms. The largest absolute Gasteiger partial charge is 0.480 e. The van der Waals surface area contributed by atoms with Crippen molar-refractivity contribution in [2.24, 2.45) is 0 Å². The number of aryl methyl sites for hydroxylation is 1. The first-order chi connectivity index (χ1) is 14.8. The second kappa shape index (κ2) is 15.3. The van der Waals surface area contributed by atoms with Crippen molar-refractivity contribution in [2.75, 3.05) is 17.2 Å². The average Bonchev–Trinajstić information content (AvgIpc) is 2.72.